The van der Waals surface area contributed by atoms with Gasteiger partial charge in [-0.1, -0.05) is 0 Å². The van der Waals surface area contributed by atoms with Crippen molar-refractivity contribution in [2.45, 2.75) is 0 Å². The number of aromatic carboxylic acids is 1. The van der Waals surface area contributed by atoms with Crippen LogP contribution in [0.4, 0.5) is 11.4 Å². The molecule has 160 valence electrons. The second-order valence-corrected chi connectivity index (χ2v) is 7.26. The van der Waals surface area contributed by atoms with Crippen molar-refractivity contribution in [2.75, 3.05) is 21.3 Å². The fraction of sp³-hybridized carbons (Fsp3) is 0.150. The molecule has 0 atom stereocenters. The number of benzene rings is 2. The minimum Gasteiger partial charge on any atom is -0.493 e. The van der Waals surface area contributed by atoms with Crippen LogP contribution in [0, 0.1) is 10.1 Å². The van der Waals surface area contributed by atoms with E-state index in [1.165, 1.54) is 61.6 Å². The smallest absolute Gasteiger partial charge is 0.335 e. The number of methoxy groups -OCH3 is 2. The molecule has 1 aliphatic rings. The van der Waals surface area contributed by atoms with Crippen molar-refractivity contribution in [3.63, 3.8) is 0 Å². The molecule has 0 aromatic heterocycles. The van der Waals surface area contributed by atoms with Crippen molar-refractivity contribution in [1.29, 1.82) is 0 Å². The number of amidine groups is 1. The third-order valence-corrected chi connectivity index (χ3v) is 5.39. The molecule has 0 bridgehead atoms. The normalized spacial score (nSPS) is 16.1. The minimum atomic E-state index is -1.05. The zero-order valence-electron chi connectivity index (χ0n) is 16.7. The van der Waals surface area contributed by atoms with Crippen LogP contribution in [-0.2, 0) is 4.79 Å². The Bertz CT molecular complexity index is 1130. The number of nitro groups is 1. The summed E-state index contributed by atoms with van der Waals surface area (Å²) in [6, 6.07) is 8.43. The van der Waals surface area contributed by atoms with Crippen LogP contribution in [0.5, 0.6) is 11.5 Å². The van der Waals surface area contributed by atoms with Crippen LogP contribution in [0.3, 0.4) is 0 Å². The highest BCUT2D eigenvalue weighted by Crippen LogP contribution is 2.40. The van der Waals surface area contributed by atoms with Crippen LogP contribution in [0.2, 0.25) is 0 Å². The van der Waals surface area contributed by atoms with Gasteiger partial charge in [-0.05, 0) is 42.1 Å². The number of rotatable bonds is 6. The molecule has 31 heavy (non-hydrogen) atoms. The molecular weight excluding hydrogens is 426 g/mol. The number of likely N-dealkylation sites (N-methyl/N-ethyl adjacent to an activating group) is 1. The molecule has 0 spiro atoms. The number of thioether (sulfide) groups is 1. The molecule has 3 rings (SSSR count). The lowest BCUT2D eigenvalue weighted by molar-refractivity contribution is -0.385. The van der Waals surface area contributed by atoms with E-state index in [0.717, 1.165) is 11.8 Å². The van der Waals surface area contributed by atoms with Crippen molar-refractivity contribution < 1.29 is 29.1 Å². The highest BCUT2D eigenvalue weighted by atomic mass is 32.2. The fourth-order valence-corrected chi connectivity index (χ4v) is 3.75. The number of hydrogen-bond donors (Lipinski definition) is 1. The SMILES string of the molecule is COc1cc([N+](=O)[O-])cc(/C=C2/SC(=Nc3ccc(C(=O)O)cc3)N(C)C2=O)c1OC. The summed E-state index contributed by atoms with van der Waals surface area (Å²) in [5, 5.41) is 20.6. The predicted molar refractivity (Wildman–Crippen MR) is 115 cm³/mol. The Kier molecular flexibility index (Phi) is 6.25. The summed E-state index contributed by atoms with van der Waals surface area (Å²) >= 11 is 1.08. The number of carbonyl (C=O) groups is 2. The van der Waals surface area contributed by atoms with Crippen molar-refractivity contribution in [3.8, 4) is 11.5 Å². The molecule has 1 amide bonds. The van der Waals surface area contributed by atoms with Gasteiger partial charge in [0.25, 0.3) is 11.6 Å². The van der Waals surface area contributed by atoms with Gasteiger partial charge >= 0.3 is 5.97 Å². The molecule has 0 aliphatic carbocycles. The number of nitrogens with zero attached hydrogens (tertiary/aromatic N) is 3. The van der Waals surface area contributed by atoms with Gasteiger partial charge < -0.3 is 14.6 Å². The van der Waals surface area contributed by atoms with E-state index >= 15 is 0 Å². The molecule has 1 aliphatic heterocycles. The first-order valence-corrected chi connectivity index (χ1v) is 9.57. The van der Waals surface area contributed by atoms with Gasteiger partial charge in [-0.3, -0.25) is 19.8 Å². The molecule has 11 heteroatoms. The van der Waals surface area contributed by atoms with E-state index in [0.29, 0.717) is 16.4 Å². The van der Waals surface area contributed by atoms with Crippen LogP contribution in [0.25, 0.3) is 6.08 Å². The number of aliphatic imine (C=N–C) groups is 1. The lowest BCUT2D eigenvalue weighted by Crippen LogP contribution is -2.23. The molecule has 0 radical (unpaired) electrons. The molecule has 1 N–H and O–H groups in total. The molecule has 1 fully saturated rings. The van der Waals surface area contributed by atoms with E-state index in [2.05, 4.69) is 4.99 Å². The molecule has 2 aromatic carbocycles. The fourth-order valence-electron chi connectivity index (χ4n) is 2.77. The Morgan fingerprint density at radius 3 is 2.45 bits per heavy atom. The highest BCUT2D eigenvalue weighted by molar-refractivity contribution is 8.18. The van der Waals surface area contributed by atoms with Gasteiger partial charge in [-0.25, -0.2) is 9.79 Å². The van der Waals surface area contributed by atoms with Gasteiger partial charge in [0.1, 0.15) is 0 Å². The van der Waals surface area contributed by atoms with Crippen LogP contribution in [-0.4, -0.2) is 53.2 Å². The third kappa shape index (κ3) is 4.51. The molecule has 1 saturated heterocycles. The van der Waals surface area contributed by atoms with E-state index in [9.17, 15) is 19.7 Å². The summed E-state index contributed by atoms with van der Waals surface area (Å²) in [5.41, 5.74) is 0.702. The summed E-state index contributed by atoms with van der Waals surface area (Å²) in [7, 11) is 4.31. The maximum atomic E-state index is 12.7. The van der Waals surface area contributed by atoms with Gasteiger partial charge in [0.2, 0.25) is 0 Å². The minimum absolute atomic E-state index is 0.125. The quantitative estimate of drug-likeness (QED) is 0.407. The largest absolute Gasteiger partial charge is 0.493 e. The number of carbonyl (C=O) groups excluding carboxylic acids is 1. The van der Waals surface area contributed by atoms with Crippen molar-refractivity contribution in [1.82, 2.24) is 4.90 Å². The van der Waals surface area contributed by atoms with Crippen molar-refractivity contribution >= 4 is 46.3 Å². The van der Waals surface area contributed by atoms with Gasteiger partial charge in [-0.2, -0.15) is 0 Å². The Balaban J connectivity index is 1.99. The zero-order chi connectivity index (χ0) is 22.7. The van der Waals surface area contributed by atoms with Crippen LogP contribution < -0.4 is 9.47 Å². The van der Waals surface area contributed by atoms with Gasteiger partial charge in [0.15, 0.2) is 16.7 Å². The first kappa shape index (κ1) is 21.8. The second-order valence-electron chi connectivity index (χ2n) is 6.25. The predicted octanol–water partition coefficient (Wildman–Crippen LogP) is 3.54. The Hall–Kier alpha value is -3.86. The summed E-state index contributed by atoms with van der Waals surface area (Å²) in [6.45, 7) is 0. The first-order chi connectivity index (χ1) is 14.7. The van der Waals surface area contributed by atoms with E-state index in [1.54, 1.807) is 7.05 Å². The van der Waals surface area contributed by atoms with Crippen molar-refractivity contribution in [3.05, 3.63) is 62.5 Å². The van der Waals surface area contributed by atoms with Gasteiger partial charge in [0, 0.05) is 18.7 Å². The molecular formula is C20H17N3O7S. The molecule has 1 heterocycles. The number of nitro benzene ring substituents is 1. The summed E-state index contributed by atoms with van der Waals surface area (Å²) in [6.07, 6.45) is 1.48. The standard InChI is InChI=1S/C20H17N3O7S/c1-22-18(24)16(31-20(22)21-13-6-4-11(5-7-13)19(25)26)9-12-8-14(23(27)28)10-15(29-2)17(12)30-3/h4-10H,1-3H3,(H,25,26)/b16-9+,21-20?. The van der Waals surface area contributed by atoms with Crippen molar-refractivity contribution in [2.24, 2.45) is 4.99 Å². The number of hydrogen-bond acceptors (Lipinski definition) is 8. The third-order valence-electron chi connectivity index (χ3n) is 4.33. The maximum absolute atomic E-state index is 12.7. The maximum Gasteiger partial charge on any atom is 0.335 e. The molecule has 10 nitrogen and oxygen atoms in total. The summed E-state index contributed by atoms with van der Waals surface area (Å²) in [4.78, 5) is 40.4. The van der Waals surface area contributed by atoms with E-state index < -0.39 is 10.9 Å². The van der Waals surface area contributed by atoms with Gasteiger partial charge in [-0.15, -0.1) is 0 Å². The average Bonchev–Trinajstić information content (AvgIpc) is 3.01. The Morgan fingerprint density at radius 2 is 1.90 bits per heavy atom. The van der Waals surface area contributed by atoms with E-state index in [4.69, 9.17) is 14.6 Å². The van der Waals surface area contributed by atoms with Crippen LogP contribution >= 0.6 is 11.8 Å². The van der Waals surface area contributed by atoms with E-state index in [1.807, 2.05) is 0 Å². The molecule has 2 aromatic rings. The number of ether oxygens (including phenoxy) is 2. The lowest BCUT2D eigenvalue weighted by Gasteiger charge is -2.10. The number of non-ortho nitro benzene ring substituents is 1. The van der Waals surface area contributed by atoms with Crippen LogP contribution in [0.15, 0.2) is 46.3 Å². The number of carboxylic acids is 1. The summed E-state index contributed by atoms with van der Waals surface area (Å²) in [5.74, 6) is -0.974. The zero-order valence-corrected chi connectivity index (χ0v) is 17.5. The number of amides is 1. The Labute approximate surface area is 180 Å². The van der Waals surface area contributed by atoms with E-state index in [-0.39, 0.29) is 33.6 Å². The Morgan fingerprint density at radius 1 is 1.23 bits per heavy atom. The second kappa shape index (κ2) is 8.88. The van der Waals surface area contributed by atoms with Gasteiger partial charge in [0.05, 0.1) is 41.4 Å². The lowest BCUT2D eigenvalue weighted by atomic mass is 10.1. The van der Waals surface area contributed by atoms with Crippen LogP contribution in [0.1, 0.15) is 15.9 Å². The molecule has 0 saturated carbocycles. The topological polar surface area (TPSA) is 132 Å². The monoisotopic (exact) mass is 443 g/mol. The molecule has 0 unspecified atom stereocenters. The highest BCUT2D eigenvalue weighted by Gasteiger charge is 2.31. The average molecular weight is 443 g/mol. The summed E-state index contributed by atoms with van der Waals surface area (Å²) < 4.78 is 10.5. The number of carboxylic acid groups (broad SMARTS) is 1. The first-order valence-electron chi connectivity index (χ1n) is 8.75.